The van der Waals surface area contributed by atoms with Crippen molar-refractivity contribution in [2.75, 3.05) is 6.61 Å². The maximum atomic E-state index is 13.8. The summed E-state index contributed by atoms with van der Waals surface area (Å²) in [7, 11) is 0. The zero-order chi connectivity index (χ0) is 14.0. The lowest BCUT2D eigenvalue weighted by Gasteiger charge is -2.14. The van der Waals surface area contributed by atoms with E-state index >= 15 is 0 Å². The highest BCUT2D eigenvalue weighted by Gasteiger charge is 2.35. The number of aliphatic hydroxyl groups excluding tert-OH is 2. The number of hydrogen-bond donors (Lipinski definition) is 2. The molecule has 1 aromatic rings. The smallest absolute Gasteiger partial charge is 0.133 e. The van der Waals surface area contributed by atoms with Gasteiger partial charge in [0.2, 0.25) is 0 Å². The molecule has 2 N–H and O–H groups in total. The van der Waals surface area contributed by atoms with Crippen molar-refractivity contribution in [3.8, 4) is 0 Å². The van der Waals surface area contributed by atoms with E-state index in [0.717, 1.165) is 6.07 Å². The van der Waals surface area contributed by atoms with Gasteiger partial charge in [0.1, 0.15) is 17.7 Å². The number of halogens is 3. The molecule has 0 spiro atoms. The number of hydrogen-bond acceptors (Lipinski definition) is 3. The molecule has 1 heterocycles. The number of rotatable bonds is 3. The molecule has 0 bridgehead atoms. The zero-order valence-corrected chi connectivity index (χ0v) is 11.5. The summed E-state index contributed by atoms with van der Waals surface area (Å²) in [5.41, 5.74) is 0.399. The minimum Gasteiger partial charge on any atom is -0.394 e. The van der Waals surface area contributed by atoms with Crippen molar-refractivity contribution in [1.82, 2.24) is 0 Å². The van der Waals surface area contributed by atoms with Gasteiger partial charge in [-0.15, -0.1) is 0 Å². The quantitative estimate of drug-likeness (QED) is 0.893. The first-order valence-electron chi connectivity index (χ1n) is 5.77. The van der Waals surface area contributed by atoms with Crippen LogP contribution in [0.5, 0.6) is 0 Å². The van der Waals surface area contributed by atoms with Gasteiger partial charge in [-0.3, -0.25) is 0 Å². The molecule has 1 fully saturated rings. The molecular weight excluding hydrogens is 322 g/mol. The molecule has 0 saturated carbocycles. The van der Waals surface area contributed by atoms with E-state index in [2.05, 4.69) is 15.9 Å². The van der Waals surface area contributed by atoms with Crippen molar-refractivity contribution in [1.29, 1.82) is 0 Å². The Morgan fingerprint density at radius 3 is 2.68 bits per heavy atom. The topological polar surface area (TPSA) is 49.7 Å². The third kappa shape index (κ3) is 3.02. The van der Waals surface area contributed by atoms with Gasteiger partial charge in [-0.1, -0.05) is 15.9 Å². The molecule has 0 unspecified atom stereocenters. The van der Waals surface area contributed by atoms with Gasteiger partial charge in [0.05, 0.1) is 18.8 Å². The van der Waals surface area contributed by atoms with Crippen LogP contribution in [0.3, 0.4) is 0 Å². The van der Waals surface area contributed by atoms with E-state index in [1.165, 1.54) is 17.1 Å². The van der Waals surface area contributed by atoms with Crippen molar-refractivity contribution in [3.63, 3.8) is 0 Å². The maximum absolute atomic E-state index is 13.8. The van der Waals surface area contributed by atoms with Crippen LogP contribution in [0, 0.1) is 11.6 Å². The van der Waals surface area contributed by atoms with Gasteiger partial charge in [0.25, 0.3) is 0 Å². The second-order valence-electron chi connectivity index (χ2n) is 4.34. The molecule has 1 aliphatic heterocycles. The van der Waals surface area contributed by atoms with E-state index in [1.807, 2.05) is 0 Å². The van der Waals surface area contributed by atoms with Crippen molar-refractivity contribution in [2.24, 2.45) is 0 Å². The molecule has 0 aromatic heterocycles. The van der Waals surface area contributed by atoms with Crippen molar-refractivity contribution in [3.05, 3.63) is 39.9 Å². The van der Waals surface area contributed by atoms with Crippen LogP contribution in [0.25, 0.3) is 6.08 Å². The van der Waals surface area contributed by atoms with Crippen LogP contribution in [0.4, 0.5) is 8.78 Å². The number of benzene rings is 1. The highest BCUT2D eigenvalue weighted by Crippen LogP contribution is 2.35. The predicted molar refractivity (Wildman–Crippen MR) is 69.6 cm³/mol. The van der Waals surface area contributed by atoms with Gasteiger partial charge in [-0.05, 0) is 17.1 Å². The van der Waals surface area contributed by atoms with Crippen LogP contribution in [-0.4, -0.2) is 29.0 Å². The lowest BCUT2D eigenvalue weighted by molar-refractivity contribution is -0.0233. The van der Waals surface area contributed by atoms with Gasteiger partial charge in [-0.2, -0.15) is 0 Å². The van der Waals surface area contributed by atoms with Crippen LogP contribution in [-0.2, 0) is 4.74 Å². The lowest BCUT2D eigenvalue weighted by atomic mass is 10.0. The summed E-state index contributed by atoms with van der Waals surface area (Å²) in [5.74, 6) is -1.39. The van der Waals surface area contributed by atoms with Crippen LogP contribution >= 0.6 is 15.9 Å². The Hall–Kier alpha value is -0.820. The first-order chi connectivity index (χ1) is 9.06. The molecule has 1 aliphatic rings. The molecule has 3 nitrogen and oxygen atoms in total. The fourth-order valence-electron chi connectivity index (χ4n) is 2.12. The second-order valence-corrected chi connectivity index (χ2v) is 4.87. The monoisotopic (exact) mass is 334 g/mol. The summed E-state index contributed by atoms with van der Waals surface area (Å²) in [6.45, 7) is -0.339. The molecule has 6 heteroatoms. The van der Waals surface area contributed by atoms with Gasteiger partial charge >= 0.3 is 0 Å². The Kier molecular flexibility index (Phi) is 4.67. The Bertz CT molecular complexity index is 493. The lowest BCUT2D eigenvalue weighted by Crippen LogP contribution is -2.24. The molecular formula is C13H13BrF2O3. The molecule has 2 rings (SSSR count). The van der Waals surface area contributed by atoms with E-state index in [4.69, 9.17) is 9.84 Å². The van der Waals surface area contributed by atoms with E-state index < -0.39 is 29.9 Å². The summed E-state index contributed by atoms with van der Waals surface area (Å²) in [5, 5.41) is 18.6. The van der Waals surface area contributed by atoms with Crippen LogP contribution in [0.15, 0.2) is 17.1 Å². The number of ether oxygens (including phenoxy) is 1. The molecule has 0 amide bonds. The average Bonchev–Trinajstić information content (AvgIpc) is 2.74. The second kappa shape index (κ2) is 6.09. The summed E-state index contributed by atoms with van der Waals surface area (Å²) in [6, 6.07) is 2.14. The Morgan fingerprint density at radius 2 is 2.11 bits per heavy atom. The molecule has 1 aromatic carbocycles. The Labute approximate surface area is 117 Å². The molecule has 3 atom stereocenters. The van der Waals surface area contributed by atoms with Crippen molar-refractivity contribution >= 4 is 22.0 Å². The third-order valence-corrected chi connectivity index (χ3v) is 3.37. The van der Waals surface area contributed by atoms with Gasteiger partial charge < -0.3 is 14.9 Å². The molecule has 0 aliphatic carbocycles. The van der Waals surface area contributed by atoms with E-state index in [1.54, 1.807) is 0 Å². The SMILES string of the molecule is OC[C@H]1O[C@@H](c2cc(/C=C/Br)c(F)cc2F)C[C@@H]1O. The zero-order valence-electron chi connectivity index (χ0n) is 9.89. The first-order valence-corrected chi connectivity index (χ1v) is 6.68. The molecule has 19 heavy (non-hydrogen) atoms. The third-order valence-electron chi connectivity index (χ3n) is 3.11. The van der Waals surface area contributed by atoms with E-state index in [9.17, 15) is 13.9 Å². The van der Waals surface area contributed by atoms with Gasteiger partial charge in [-0.25, -0.2) is 8.78 Å². The van der Waals surface area contributed by atoms with E-state index in [0.29, 0.717) is 0 Å². The fourth-order valence-corrected chi connectivity index (χ4v) is 2.40. The van der Waals surface area contributed by atoms with E-state index in [-0.39, 0.29) is 24.2 Å². The van der Waals surface area contributed by atoms with Crippen molar-refractivity contribution in [2.45, 2.75) is 24.7 Å². The van der Waals surface area contributed by atoms with Crippen molar-refractivity contribution < 1.29 is 23.7 Å². The first kappa shape index (κ1) is 14.6. The summed E-state index contributed by atoms with van der Waals surface area (Å²) >= 11 is 3.03. The highest BCUT2D eigenvalue weighted by atomic mass is 79.9. The standard InChI is InChI=1S/C13H13BrF2O3/c14-2-1-7-3-8(10(16)4-9(7)15)12-5-11(18)13(6-17)19-12/h1-4,11-13,17-18H,5-6H2/b2-1+/t11-,12+,13+/m0/s1. The summed E-state index contributed by atoms with van der Waals surface area (Å²) in [6.07, 6.45) is -0.646. The highest BCUT2D eigenvalue weighted by molar-refractivity contribution is 9.11. The minimum absolute atomic E-state index is 0.172. The molecule has 104 valence electrons. The summed E-state index contributed by atoms with van der Waals surface area (Å²) < 4.78 is 32.6. The number of aliphatic hydroxyl groups is 2. The van der Waals surface area contributed by atoms with Crippen LogP contribution < -0.4 is 0 Å². The molecule has 0 radical (unpaired) electrons. The fraction of sp³-hybridized carbons (Fsp3) is 0.385. The van der Waals surface area contributed by atoms with Crippen LogP contribution in [0.1, 0.15) is 23.7 Å². The van der Waals surface area contributed by atoms with Crippen LogP contribution in [0.2, 0.25) is 0 Å². The predicted octanol–water partition coefficient (Wildman–Crippen LogP) is 2.51. The minimum atomic E-state index is -0.852. The van der Waals surface area contributed by atoms with Gasteiger partial charge in [0.15, 0.2) is 0 Å². The Balaban J connectivity index is 2.32. The normalized spacial score (nSPS) is 27.3. The van der Waals surface area contributed by atoms with Gasteiger partial charge in [0, 0.05) is 23.6 Å². The largest absolute Gasteiger partial charge is 0.394 e. The summed E-state index contributed by atoms with van der Waals surface area (Å²) in [4.78, 5) is 1.47. The average molecular weight is 335 g/mol. The maximum Gasteiger partial charge on any atom is 0.133 e. The Morgan fingerprint density at radius 1 is 1.37 bits per heavy atom. The molecule has 1 saturated heterocycles.